The van der Waals surface area contributed by atoms with Gasteiger partial charge in [-0.25, -0.2) is 8.42 Å². The minimum Gasteiger partial charge on any atom is -0.467 e. The minimum absolute atomic E-state index is 0.117. The lowest BCUT2D eigenvalue weighted by Gasteiger charge is -2.18. The minimum atomic E-state index is -3.58. The third-order valence-electron chi connectivity index (χ3n) is 3.44. The zero-order valence-electron chi connectivity index (χ0n) is 13.2. The van der Waals surface area contributed by atoms with E-state index in [4.69, 9.17) is 4.42 Å². The highest BCUT2D eigenvalue weighted by molar-refractivity contribution is 7.89. The maximum atomic E-state index is 12.5. The van der Waals surface area contributed by atoms with Gasteiger partial charge in [-0.15, -0.1) is 0 Å². The van der Waals surface area contributed by atoms with E-state index in [0.717, 1.165) is 0 Å². The number of carbonyl (C=O) groups excluding carboxylic acids is 1. The predicted molar refractivity (Wildman–Crippen MR) is 86.4 cm³/mol. The molecule has 0 unspecified atom stereocenters. The quantitative estimate of drug-likeness (QED) is 0.841. The molecule has 1 aromatic heterocycles. The monoisotopic (exact) mass is 336 g/mol. The van der Waals surface area contributed by atoms with Crippen LogP contribution in [0.4, 0.5) is 0 Å². The summed E-state index contributed by atoms with van der Waals surface area (Å²) in [7, 11) is -3.58. The average molecular weight is 336 g/mol. The van der Waals surface area contributed by atoms with Crippen molar-refractivity contribution in [2.75, 3.05) is 13.1 Å². The van der Waals surface area contributed by atoms with Gasteiger partial charge in [-0.1, -0.05) is 19.9 Å². The van der Waals surface area contributed by atoms with E-state index >= 15 is 0 Å². The largest absolute Gasteiger partial charge is 0.467 e. The Hall–Kier alpha value is -2.12. The number of hydrogen-bond donors (Lipinski definition) is 1. The summed E-state index contributed by atoms with van der Waals surface area (Å²) in [5.41, 5.74) is 0.296. The maximum Gasteiger partial charge on any atom is 0.251 e. The smallest absolute Gasteiger partial charge is 0.251 e. The normalized spacial score (nSPS) is 11.6. The van der Waals surface area contributed by atoms with Gasteiger partial charge in [0.15, 0.2) is 0 Å². The summed E-state index contributed by atoms with van der Waals surface area (Å²) in [5, 5.41) is 2.70. The Bertz CT molecular complexity index is 750. The van der Waals surface area contributed by atoms with Crippen LogP contribution >= 0.6 is 0 Å². The second kappa shape index (κ2) is 7.43. The molecule has 0 aliphatic carbocycles. The van der Waals surface area contributed by atoms with Crippen molar-refractivity contribution in [3.8, 4) is 0 Å². The molecule has 0 atom stereocenters. The third kappa shape index (κ3) is 4.00. The van der Waals surface area contributed by atoms with Gasteiger partial charge in [-0.3, -0.25) is 4.79 Å². The van der Waals surface area contributed by atoms with Gasteiger partial charge < -0.3 is 9.73 Å². The number of nitrogens with one attached hydrogen (secondary N) is 1. The number of rotatable bonds is 7. The van der Waals surface area contributed by atoms with E-state index in [9.17, 15) is 13.2 Å². The Labute approximate surface area is 136 Å². The Kier molecular flexibility index (Phi) is 5.57. The van der Waals surface area contributed by atoms with Gasteiger partial charge in [0.25, 0.3) is 5.91 Å². The van der Waals surface area contributed by atoms with Crippen molar-refractivity contribution in [3.05, 3.63) is 54.0 Å². The topological polar surface area (TPSA) is 79.6 Å². The molecule has 0 bridgehead atoms. The van der Waals surface area contributed by atoms with E-state index in [1.54, 1.807) is 38.1 Å². The standard InChI is InChI=1S/C16H20N2O4S/c1-3-18(4-2)23(20,21)15-9-5-7-13(11-15)16(19)17-12-14-8-6-10-22-14/h5-11H,3-4,12H2,1-2H3,(H,17,19). The number of sulfonamides is 1. The van der Waals surface area contributed by atoms with Crippen LogP contribution in [-0.2, 0) is 16.6 Å². The van der Waals surface area contributed by atoms with Gasteiger partial charge in [0.05, 0.1) is 17.7 Å². The summed E-state index contributed by atoms with van der Waals surface area (Å²) in [4.78, 5) is 12.3. The van der Waals surface area contributed by atoms with Crippen LogP contribution in [0.25, 0.3) is 0 Å². The molecule has 2 rings (SSSR count). The van der Waals surface area contributed by atoms with Crippen LogP contribution < -0.4 is 5.32 Å². The van der Waals surface area contributed by atoms with Gasteiger partial charge in [-0.2, -0.15) is 4.31 Å². The summed E-state index contributed by atoms with van der Waals surface area (Å²) in [6.07, 6.45) is 1.53. The van der Waals surface area contributed by atoms with Crippen LogP contribution in [0, 0.1) is 0 Å². The Morgan fingerprint density at radius 1 is 1.17 bits per heavy atom. The fraction of sp³-hybridized carbons (Fsp3) is 0.312. The van der Waals surface area contributed by atoms with Crippen molar-refractivity contribution >= 4 is 15.9 Å². The molecular weight excluding hydrogens is 316 g/mol. The first-order chi connectivity index (χ1) is 11.0. The molecule has 124 valence electrons. The lowest BCUT2D eigenvalue weighted by molar-refractivity contribution is 0.0948. The molecule has 0 fully saturated rings. The van der Waals surface area contributed by atoms with Crippen LogP contribution in [0.1, 0.15) is 30.0 Å². The summed E-state index contributed by atoms with van der Waals surface area (Å²) in [6.45, 7) is 4.57. The highest BCUT2D eigenvalue weighted by Crippen LogP contribution is 2.17. The molecule has 0 radical (unpaired) electrons. The first kappa shape index (κ1) is 17.2. The van der Waals surface area contributed by atoms with Gasteiger partial charge in [0.1, 0.15) is 5.76 Å². The van der Waals surface area contributed by atoms with E-state index in [1.165, 1.54) is 22.7 Å². The number of hydrogen-bond acceptors (Lipinski definition) is 4. The third-order valence-corrected chi connectivity index (χ3v) is 5.49. The van der Waals surface area contributed by atoms with E-state index < -0.39 is 10.0 Å². The molecule has 1 aromatic carbocycles. The lowest BCUT2D eigenvalue weighted by atomic mass is 10.2. The number of nitrogens with zero attached hydrogens (tertiary/aromatic N) is 1. The van der Waals surface area contributed by atoms with E-state index in [-0.39, 0.29) is 17.3 Å². The first-order valence-electron chi connectivity index (χ1n) is 7.39. The van der Waals surface area contributed by atoms with Crippen LogP contribution in [0.15, 0.2) is 52.0 Å². The molecule has 2 aromatic rings. The molecular formula is C16H20N2O4S. The highest BCUT2D eigenvalue weighted by Gasteiger charge is 2.22. The molecule has 23 heavy (non-hydrogen) atoms. The van der Waals surface area contributed by atoms with Crippen LogP contribution in [0.2, 0.25) is 0 Å². The Balaban J connectivity index is 2.17. The molecule has 0 aliphatic heterocycles. The van der Waals surface area contributed by atoms with Crippen molar-refractivity contribution in [1.29, 1.82) is 0 Å². The van der Waals surface area contributed by atoms with Gasteiger partial charge in [0.2, 0.25) is 10.0 Å². The fourth-order valence-electron chi connectivity index (χ4n) is 2.19. The molecule has 0 saturated heterocycles. The van der Waals surface area contributed by atoms with E-state index in [1.807, 2.05) is 0 Å². The summed E-state index contributed by atoms with van der Waals surface area (Å²) >= 11 is 0. The zero-order valence-corrected chi connectivity index (χ0v) is 14.0. The number of carbonyl (C=O) groups is 1. The first-order valence-corrected chi connectivity index (χ1v) is 8.83. The number of amides is 1. The summed E-state index contributed by atoms with van der Waals surface area (Å²) < 4.78 is 31.5. The molecule has 0 spiro atoms. The van der Waals surface area contributed by atoms with Gasteiger partial charge in [-0.05, 0) is 30.3 Å². The highest BCUT2D eigenvalue weighted by atomic mass is 32.2. The van der Waals surface area contributed by atoms with Crippen LogP contribution in [0.5, 0.6) is 0 Å². The maximum absolute atomic E-state index is 12.5. The molecule has 7 heteroatoms. The van der Waals surface area contributed by atoms with Crippen LogP contribution in [-0.4, -0.2) is 31.7 Å². The van der Waals surface area contributed by atoms with Crippen molar-refractivity contribution < 1.29 is 17.6 Å². The zero-order chi connectivity index (χ0) is 16.9. The number of furan rings is 1. The Morgan fingerprint density at radius 2 is 1.91 bits per heavy atom. The average Bonchev–Trinajstić information content (AvgIpc) is 3.07. The second-order valence-corrected chi connectivity index (χ2v) is 6.82. The SMILES string of the molecule is CCN(CC)S(=O)(=O)c1cccc(C(=O)NCc2ccco2)c1. The predicted octanol–water partition coefficient (Wildman–Crippen LogP) is 2.24. The van der Waals surface area contributed by atoms with Gasteiger partial charge >= 0.3 is 0 Å². The summed E-state index contributed by atoms with van der Waals surface area (Å²) in [6, 6.07) is 9.53. The van der Waals surface area contributed by atoms with E-state index in [0.29, 0.717) is 24.4 Å². The molecule has 1 amide bonds. The van der Waals surface area contributed by atoms with Crippen molar-refractivity contribution in [2.45, 2.75) is 25.3 Å². The number of benzene rings is 1. The molecule has 6 nitrogen and oxygen atoms in total. The molecule has 0 saturated carbocycles. The van der Waals surface area contributed by atoms with Gasteiger partial charge in [0, 0.05) is 18.7 Å². The van der Waals surface area contributed by atoms with E-state index in [2.05, 4.69) is 5.32 Å². The fourth-order valence-corrected chi connectivity index (χ4v) is 3.70. The van der Waals surface area contributed by atoms with Crippen LogP contribution in [0.3, 0.4) is 0 Å². The molecule has 1 heterocycles. The summed E-state index contributed by atoms with van der Waals surface area (Å²) in [5.74, 6) is 0.281. The lowest BCUT2D eigenvalue weighted by Crippen LogP contribution is -2.31. The van der Waals surface area contributed by atoms with Crippen molar-refractivity contribution in [2.24, 2.45) is 0 Å². The molecule has 0 aliphatic rings. The molecule has 1 N–H and O–H groups in total. The van der Waals surface area contributed by atoms with Crippen molar-refractivity contribution in [1.82, 2.24) is 9.62 Å². The Morgan fingerprint density at radius 3 is 2.52 bits per heavy atom. The van der Waals surface area contributed by atoms with Crippen molar-refractivity contribution in [3.63, 3.8) is 0 Å². The second-order valence-electron chi connectivity index (χ2n) is 4.88.